The number of hydrogen-bond acceptors (Lipinski definition) is 5. The summed E-state index contributed by atoms with van der Waals surface area (Å²) in [6, 6.07) is 1.75. The summed E-state index contributed by atoms with van der Waals surface area (Å²) in [6.45, 7) is 1.24. The van der Waals surface area contributed by atoms with Gasteiger partial charge < -0.3 is 10.1 Å². The maximum absolute atomic E-state index is 6.00. The zero-order valence-electron chi connectivity index (χ0n) is 9.30. The molecule has 0 radical (unpaired) electrons. The molecule has 0 aliphatic heterocycles. The Balaban J connectivity index is 2.08. The van der Waals surface area contributed by atoms with Crippen molar-refractivity contribution in [2.45, 2.75) is 6.54 Å². The van der Waals surface area contributed by atoms with E-state index in [-0.39, 0.29) is 0 Å². The van der Waals surface area contributed by atoms with Gasteiger partial charge in [0.1, 0.15) is 12.1 Å². The average molecular weight is 254 g/mol. The van der Waals surface area contributed by atoms with E-state index in [0.29, 0.717) is 29.8 Å². The van der Waals surface area contributed by atoms with Gasteiger partial charge >= 0.3 is 0 Å². The minimum absolute atomic E-state index is 0.403. The summed E-state index contributed by atoms with van der Waals surface area (Å²) < 4.78 is 6.69. The van der Waals surface area contributed by atoms with Crippen molar-refractivity contribution in [3.8, 4) is 0 Å². The molecule has 0 unspecified atom stereocenters. The zero-order valence-corrected chi connectivity index (χ0v) is 10.1. The van der Waals surface area contributed by atoms with Crippen LogP contribution >= 0.6 is 11.6 Å². The molecule has 0 saturated heterocycles. The van der Waals surface area contributed by atoms with E-state index in [1.54, 1.807) is 24.1 Å². The molecule has 2 rings (SSSR count). The fourth-order valence-electron chi connectivity index (χ4n) is 1.28. The van der Waals surface area contributed by atoms with Crippen LogP contribution in [0.1, 0.15) is 0 Å². The molecular weight excluding hydrogens is 242 g/mol. The Hall–Kier alpha value is -1.66. The van der Waals surface area contributed by atoms with Gasteiger partial charge in [0.15, 0.2) is 5.15 Å². The number of anilines is 2. The fourth-order valence-corrected chi connectivity index (χ4v) is 1.48. The number of rotatable bonds is 5. The van der Waals surface area contributed by atoms with Gasteiger partial charge in [-0.1, -0.05) is 11.6 Å². The monoisotopic (exact) mass is 253 g/mol. The first-order valence-electron chi connectivity index (χ1n) is 5.04. The van der Waals surface area contributed by atoms with Crippen molar-refractivity contribution < 1.29 is 4.74 Å². The molecule has 0 aliphatic carbocycles. The molecule has 6 nitrogen and oxygen atoms in total. The minimum atomic E-state index is 0.403. The molecule has 0 aromatic carbocycles. The lowest BCUT2D eigenvalue weighted by Crippen LogP contribution is -2.04. The molecule has 2 aromatic rings. The van der Waals surface area contributed by atoms with E-state index in [4.69, 9.17) is 16.3 Å². The summed E-state index contributed by atoms with van der Waals surface area (Å²) in [5.41, 5.74) is 0.710. The quantitative estimate of drug-likeness (QED) is 0.879. The molecule has 0 atom stereocenters. The third kappa shape index (κ3) is 3.15. The maximum atomic E-state index is 6.00. The van der Waals surface area contributed by atoms with Crippen molar-refractivity contribution in [1.29, 1.82) is 0 Å². The van der Waals surface area contributed by atoms with Gasteiger partial charge in [-0.25, -0.2) is 9.97 Å². The summed E-state index contributed by atoms with van der Waals surface area (Å²) in [5, 5.41) is 7.60. The average Bonchev–Trinajstić information content (AvgIpc) is 2.69. The number of ether oxygens (including phenoxy) is 1. The van der Waals surface area contributed by atoms with Crippen molar-refractivity contribution in [1.82, 2.24) is 19.7 Å². The Morgan fingerprint density at radius 1 is 1.53 bits per heavy atom. The van der Waals surface area contributed by atoms with Crippen LogP contribution in [-0.2, 0) is 11.3 Å². The standard InChI is InChI=1S/C10H12ClN5O/c1-17-5-4-16-6-8(10(11)15-16)14-9-2-3-12-7-13-9/h2-3,6-7H,4-5H2,1H3,(H,12,13,14). The third-order valence-corrected chi connectivity index (χ3v) is 2.37. The lowest BCUT2D eigenvalue weighted by atomic mass is 10.5. The van der Waals surface area contributed by atoms with E-state index in [1.165, 1.54) is 6.33 Å². The number of nitrogens with one attached hydrogen (secondary N) is 1. The SMILES string of the molecule is COCCn1cc(Nc2ccncn2)c(Cl)n1. The van der Waals surface area contributed by atoms with Gasteiger partial charge in [0.05, 0.1) is 25.0 Å². The Kier molecular flexibility index (Phi) is 3.89. The second kappa shape index (κ2) is 5.60. The Morgan fingerprint density at radius 3 is 3.12 bits per heavy atom. The third-order valence-electron chi connectivity index (χ3n) is 2.09. The molecule has 0 spiro atoms. The molecule has 0 saturated carbocycles. The van der Waals surface area contributed by atoms with E-state index in [1.807, 2.05) is 6.20 Å². The maximum Gasteiger partial charge on any atom is 0.174 e. The molecular formula is C10H12ClN5O. The van der Waals surface area contributed by atoms with Crippen LogP contribution in [0.2, 0.25) is 5.15 Å². The van der Waals surface area contributed by atoms with Gasteiger partial charge in [-0.3, -0.25) is 4.68 Å². The Bertz CT molecular complexity index is 473. The van der Waals surface area contributed by atoms with Gasteiger partial charge in [0.25, 0.3) is 0 Å². The zero-order chi connectivity index (χ0) is 12.1. The lowest BCUT2D eigenvalue weighted by Gasteiger charge is -2.01. The smallest absolute Gasteiger partial charge is 0.174 e. The summed E-state index contributed by atoms with van der Waals surface area (Å²) in [5.74, 6) is 0.674. The first kappa shape index (κ1) is 11.8. The molecule has 0 amide bonds. The molecule has 0 bridgehead atoms. The van der Waals surface area contributed by atoms with Crippen LogP contribution in [0.15, 0.2) is 24.8 Å². The van der Waals surface area contributed by atoms with Crippen molar-refractivity contribution >= 4 is 23.1 Å². The van der Waals surface area contributed by atoms with Gasteiger partial charge in [0, 0.05) is 13.3 Å². The molecule has 2 heterocycles. The second-order valence-corrected chi connectivity index (χ2v) is 3.67. The topological polar surface area (TPSA) is 64.9 Å². The number of halogens is 1. The second-order valence-electron chi connectivity index (χ2n) is 3.31. The highest BCUT2D eigenvalue weighted by Crippen LogP contribution is 2.22. The fraction of sp³-hybridized carbons (Fsp3) is 0.300. The van der Waals surface area contributed by atoms with Gasteiger partial charge in [0.2, 0.25) is 0 Å². The predicted octanol–water partition coefficient (Wildman–Crippen LogP) is 1.72. The van der Waals surface area contributed by atoms with Crippen LogP contribution in [-0.4, -0.2) is 33.5 Å². The van der Waals surface area contributed by atoms with Crippen LogP contribution in [0.4, 0.5) is 11.5 Å². The van der Waals surface area contributed by atoms with E-state index in [9.17, 15) is 0 Å². The van der Waals surface area contributed by atoms with E-state index < -0.39 is 0 Å². The molecule has 7 heteroatoms. The molecule has 17 heavy (non-hydrogen) atoms. The first-order valence-corrected chi connectivity index (χ1v) is 5.42. The van der Waals surface area contributed by atoms with Crippen LogP contribution in [0.5, 0.6) is 0 Å². The summed E-state index contributed by atoms with van der Waals surface area (Å²) in [6.07, 6.45) is 4.92. The van der Waals surface area contributed by atoms with Gasteiger partial charge in [-0.2, -0.15) is 5.10 Å². The number of nitrogens with zero attached hydrogens (tertiary/aromatic N) is 4. The summed E-state index contributed by atoms with van der Waals surface area (Å²) in [7, 11) is 1.64. The highest BCUT2D eigenvalue weighted by Gasteiger charge is 2.07. The van der Waals surface area contributed by atoms with Crippen LogP contribution < -0.4 is 5.32 Å². The molecule has 1 N–H and O–H groups in total. The molecule has 90 valence electrons. The highest BCUT2D eigenvalue weighted by atomic mass is 35.5. The van der Waals surface area contributed by atoms with Crippen LogP contribution in [0.3, 0.4) is 0 Å². The number of methoxy groups -OCH3 is 1. The Labute approximate surface area is 104 Å². The molecule has 2 aromatic heterocycles. The van der Waals surface area contributed by atoms with E-state index in [0.717, 1.165) is 0 Å². The van der Waals surface area contributed by atoms with Crippen molar-refractivity contribution in [3.63, 3.8) is 0 Å². The molecule has 0 aliphatic rings. The normalized spacial score (nSPS) is 10.5. The predicted molar refractivity (Wildman–Crippen MR) is 64.4 cm³/mol. The van der Waals surface area contributed by atoms with Crippen molar-refractivity contribution in [3.05, 3.63) is 29.9 Å². The summed E-state index contributed by atoms with van der Waals surface area (Å²) >= 11 is 6.00. The van der Waals surface area contributed by atoms with Gasteiger partial charge in [-0.15, -0.1) is 0 Å². The summed E-state index contributed by atoms with van der Waals surface area (Å²) in [4.78, 5) is 7.88. The largest absolute Gasteiger partial charge is 0.383 e. The number of aromatic nitrogens is 4. The highest BCUT2D eigenvalue weighted by molar-refractivity contribution is 6.32. The Morgan fingerprint density at radius 2 is 2.41 bits per heavy atom. The van der Waals surface area contributed by atoms with Crippen molar-refractivity contribution in [2.75, 3.05) is 19.0 Å². The number of hydrogen-bond donors (Lipinski definition) is 1. The van der Waals surface area contributed by atoms with E-state index in [2.05, 4.69) is 20.4 Å². The first-order chi connectivity index (χ1) is 8.29. The lowest BCUT2D eigenvalue weighted by molar-refractivity contribution is 0.183. The van der Waals surface area contributed by atoms with Crippen LogP contribution in [0.25, 0.3) is 0 Å². The minimum Gasteiger partial charge on any atom is -0.383 e. The van der Waals surface area contributed by atoms with Crippen molar-refractivity contribution in [2.24, 2.45) is 0 Å². The van der Waals surface area contributed by atoms with E-state index >= 15 is 0 Å². The molecule has 0 fully saturated rings. The van der Waals surface area contributed by atoms with Crippen LogP contribution in [0, 0.1) is 0 Å². The van der Waals surface area contributed by atoms with Gasteiger partial charge in [-0.05, 0) is 6.07 Å².